The Hall–Kier alpha value is -2.05. The van der Waals surface area contributed by atoms with Gasteiger partial charge < -0.3 is 11.1 Å². The van der Waals surface area contributed by atoms with E-state index in [0.29, 0.717) is 30.5 Å². The summed E-state index contributed by atoms with van der Waals surface area (Å²) in [6.07, 6.45) is -2.28. The quantitative estimate of drug-likeness (QED) is 0.821. The zero-order chi connectivity index (χ0) is 18.1. The Morgan fingerprint density at radius 3 is 2.27 bits per heavy atom. The fourth-order valence-corrected chi connectivity index (χ4v) is 3.09. The van der Waals surface area contributed by atoms with Gasteiger partial charge in [0.15, 0.2) is 0 Å². The molecule has 140 valence electrons. The Bertz CT molecular complexity index is 771. The third-order valence-electron chi connectivity index (χ3n) is 4.75. The summed E-state index contributed by atoms with van der Waals surface area (Å²) in [5.74, 6) is -0.291. The standard InChI is InChI=1S/C19H19F3N2O.ClH/c20-19(21,22)16-4-1-3-15(11-16)18(9-2-10-18)24-17(25)14-7-5-13(12-23)6-8-14;/h1,3-8,11H,2,9-10,12,23H2,(H,24,25);1H. The maximum atomic E-state index is 13.0. The van der Waals surface area contributed by atoms with Crippen LogP contribution in [0.2, 0.25) is 0 Å². The summed E-state index contributed by atoms with van der Waals surface area (Å²) in [7, 11) is 0. The Morgan fingerprint density at radius 2 is 1.77 bits per heavy atom. The minimum atomic E-state index is -4.40. The number of hydrogen-bond acceptors (Lipinski definition) is 2. The van der Waals surface area contributed by atoms with Gasteiger partial charge in [0.05, 0.1) is 11.1 Å². The molecule has 0 bridgehead atoms. The van der Waals surface area contributed by atoms with E-state index in [1.165, 1.54) is 6.07 Å². The number of carbonyl (C=O) groups is 1. The van der Waals surface area contributed by atoms with E-state index in [2.05, 4.69) is 5.32 Å². The molecule has 0 unspecified atom stereocenters. The minimum Gasteiger partial charge on any atom is -0.343 e. The van der Waals surface area contributed by atoms with Gasteiger partial charge >= 0.3 is 6.18 Å². The summed E-state index contributed by atoms with van der Waals surface area (Å²) < 4.78 is 38.9. The molecule has 1 aliphatic carbocycles. The van der Waals surface area contributed by atoms with Crippen molar-refractivity contribution in [2.75, 3.05) is 0 Å². The lowest BCUT2D eigenvalue weighted by Crippen LogP contribution is -2.50. The van der Waals surface area contributed by atoms with Crippen LogP contribution in [0.4, 0.5) is 13.2 Å². The molecule has 2 aromatic rings. The van der Waals surface area contributed by atoms with Crippen molar-refractivity contribution in [3.63, 3.8) is 0 Å². The SMILES string of the molecule is Cl.NCc1ccc(C(=O)NC2(c3cccc(C(F)(F)F)c3)CCC2)cc1. The molecule has 0 heterocycles. The highest BCUT2D eigenvalue weighted by Crippen LogP contribution is 2.43. The second-order valence-corrected chi connectivity index (χ2v) is 6.37. The van der Waals surface area contributed by atoms with Crippen LogP contribution in [0.25, 0.3) is 0 Å². The molecule has 1 aliphatic rings. The van der Waals surface area contributed by atoms with Crippen LogP contribution in [0, 0.1) is 0 Å². The first-order chi connectivity index (χ1) is 11.8. The smallest absolute Gasteiger partial charge is 0.343 e. The van der Waals surface area contributed by atoms with Crippen LogP contribution in [-0.4, -0.2) is 5.91 Å². The summed E-state index contributed by atoms with van der Waals surface area (Å²) in [6, 6.07) is 12.1. The summed E-state index contributed by atoms with van der Waals surface area (Å²) >= 11 is 0. The van der Waals surface area contributed by atoms with Crippen molar-refractivity contribution in [3.05, 3.63) is 70.8 Å². The Morgan fingerprint density at radius 1 is 1.12 bits per heavy atom. The van der Waals surface area contributed by atoms with Crippen molar-refractivity contribution in [2.45, 2.75) is 37.5 Å². The fourth-order valence-electron chi connectivity index (χ4n) is 3.09. The van der Waals surface area contributed by atoms with E-state index >= 15 is 0 Å². The number of benzene rings is 2. The summed E-state index contributed by atoms with van der Waals surface area (Å²) in [5.41, 5.74) is 5.99. The van der Waals surface area contributed by atoms with Gasteiger partial charge in [0.1, 0.15) is 0 Å². The first kappa shape index (κ1) is 20.3. The predicted octanol–water partition coefficient (Wildman–Crippen LogP) is 4.40. The molecule has 0 radical (unpaired) electrons. The molecule has 0 atom stereocenters. The molecule has 0 spiro atoms. The number of carbonyl (C=O) groups excluding carboxylic acids is 1. The zero-order valence-corrected chi connectivity index (χ0v) is 14.8. The van der Waals surface area contributed by atoms with Crippen LogP contribution in [0.15, 0.2) is 48.5 Å². The molecule has 3 nitrogen and oxygen atoms in total. The van der Waals surface area contributed by atoms with E-state index in [9.17, 15) is 18.0 Å². The third kappa shape index (κ3) is 4.02. The fraction of sp³-hybridized carbons (Fsp3) is 0.316. The first-order valence-electron chi connectivity index (χ1n) is 8.13. The molecule has 0 aromatic heterocycles. The van der Waals surface area contributed by atoms with E-state index < -0.39 is 17.3 Å². The lowest BCUT2D eigenvalue weighted by Gasteiger charge is -2.43. The molecule has 1 saturated carbocycles. The second kappa shape index (κ2) is 7.68. The number of nitrogens with two attached hydrogens (primary N) is 1. The average molecular weight is 385 g/mol. The molecule has 26 heavy (non-hydrogen) atoms. The molecule has 0 aliphatic heterocycles. The first-order valence-corrected chi connectivity index (χ1v) is 8.13. The zero-order valence-electron chi connectivity index (χ0n) is 14.0. The highest BCUT2D eigenvalue weighted by atomic mass is 35.5. The van der Waals surface area contributed by atoms with Gasteiger partial charge in [-0.15, -0.1) is 12.4 Å². The van der Waals surface area contributed by atoms with Crippen LogP contribution in [0.3, 0.4) is 0 Å². The van der Waals surface area contributed by atoms with Gasteiger partial charge in [-0.2, -0.15) is 13.2 Å². The normalized spacial score (nSPS) is 15.5. The minimum absolute atomic E-state index is 0. The van der Waals surface area contributed by atoms with Crippen LogP contribution < -0.4 is 11.1 Å². The second-order valence-electron chi connectivity index (χ2n) is 6.37. The van der Waals surface area contributed by atoms with E-state index in [4.69, 9.17) is 5.73 Å². The lowest BCUT2D eigenvalue weighted by atomic mass is 9.71. The lowest BCUT2D eigenvalue weighted by molar-refractivity contribution is -0.137. The largest absolute Gasteiger partial charge is 0.416 e. The molecular formula is C19H20ClF3N2O. The molecular weight excluding hydrogens is 365 g/mol. The van der Waals surface area contributed by atoms with Gasteiger partial charge in [-0.05, 0) is 54.7 Å². The van der Waals surface area contributed by atoms with Crippen LogP contribution in [-0.2, 0) is 18.3 Å². The number of rotatable bonds is 4. The molecule has 3 N–H and O–H groups in total. The van der Waals surface area contributed by atoms with E-state index in [0.717, 1.165) is 24.1 Å². The van der Waals surface area contributed by atoms with Crippen molar-refractivity contribution in [3.8, 4) is 0 Å². The number of alkyl halides is 3. The van der Waals surface area contributed by atoms with Crippen molar-refractivity contribution in [2.24, 2.45) is 5.73 Å². The Kier molecular flexibility index (Phi) is 5.98. The predicted molar refractivity (Wildman–Crippen MR) is 96.0 cm³/mol. The van der Waals surface area contributed by atoms with Crippen molar-refractivity contribution in [1.29, 1.82) is 0 Å². The number of nitrogens with one attached hydrogen (secondary N) is 1. The van der Waals surface area contributed by atoms with Gasteiger partial charge in [-0.1, -0.05) is 24.3 Å². The highest BCUT2D eigenvalue weighted by molar-refractivity contribution is 5.94. The van der Waals surface area contributed by atoms with Crippen LogP contribution >= 0.6 is 12.4 Å². The number of hydrogen-bond donors (Lipinski definition) is 2. The van der Waals surface area contributed by atoms with E-state index in [1.54, 1.807) is 30.3 Å². The van der Waals surface area contributed by atoms with E-state index in [1.807, 2.05) is 0 Å². The molecule has 0 saturated heterocycles. The maximum absolute atomic E-state index is 13.0. The molecule has 7 heteroatoms. The van der Waals surface area contributed by atoms with Crippen LogP contribution in [0.5, 0.6) is 0 Å². The van der Waals surface area contributed by atoms with E-state index in [-0.39, 0.29) is 18.3 Å². The summed E-state index contributed by atoms with van der Waals surface area (Å²) in [5, 5.41) is 2.94. The Labute approximate surface area is 156 Å². The molecule has 1 fully saturated rings. The molecule has 3 rings (SSSR count). The third-order valence-corrected chi connectivity index (χ3v) is 4.75. The van der Waals surface area contributed by atoms with Gasteiger partial charge in [0.2, 0.25) is 0 Å². The number of amides is 1. The topological polar surface area (TPSA) is 55.1 Å². The summed E-state index contributed by atoms with van der Waals surface area (Å²) in [4.78, 5) is 12.5. The van der Waals surface area contributed by atoms with Crippen molar-refractivity contribution >= 4 is 18.3 Å². The van der Waals surface area contributed by atoms with Crippen molar-refractivity contribution < 1.29 is 18.0 Å². The van der Waals surface area contributed by atoms with Crippen LogP contribution in [0.1, 0.15) is 46.3 Å². The van der Waals surface area contributed by atoms with Gasteiger partial charge in [-0.25, -0.2) is 0 Å². The van der Waals surface area contributed by atoms with Gasteiger partial charge in [0, 0.05) is 12.1 Å². The average Bonchev–Trinajstić information content (AvgIpc) is 2.57. The maximum Gasteiger partial charge on any atom is 0.416 e. The summed E-state index contributed by atoms with van der Waals surface area (Å²) in [6.45, 7) is 0.385. The highest BCUT2D eigenvalue weighted by Gasteiger charge is 2.41. The van der Waals surface area contributed by atoms with Gasteiger partial charge in [0.25, 0.3) is 5.91 Å². The number of halogens is 4. The monoisotopic (exact) mass is 384 g/mol. The van der Waals surface area contributed by atoms with Crippen molar-refractivity contribution in [1.82, 2.24) is 5.32 Å². The van der Waals surface area contributed by atoms with Gasteiger partial charge in [-0.3, -0.25) is 4.79 Å². The molecule has 1 amide bonds. The molecule has 2 aromatic carbocycles. The Balaban J connectivity index is 0.00000243.